The number of para-hydroxylation sites is 1. The second-order valence-electron chi connectivity index (χ2n) is 15.9. The molecule has 378 valence electrons. The predicted molar refractivity (Wildman–Crippen MR) is 263 cm³/mol. The minimum atomic E-state index is -4.78. The molecular formula is C45H57N9O13S3. The molecule has 0 fully saturated rings. The maximum absolute atomic E-state index is 14.1. The van der Waals surface area contributed by atoms with E-state index in [0.717, 1.165) is 16.5 Å². The number of carbonyl (C=O) groups excluding carboxylic acids is 7. The number of aromatic amines is 1. The number of rotatable bonds is 29. The van der Waals surface area contributed by atoms with Gasteiger partial charge in [-0.2, -0.15) is 31.9 Å². The summed E-state index contributed by atoms with van der Waals surface area (Å²) in [6.45, 7) is -0.672. The molecule has 0 spiro atoms. The summed E-state index contributed by atoms with van der Waals surface area (Å²) in [6, 6.07) is 13.3. The van der Waals surface area contributed by atoms with Crippen LogP contribution < -0.4 is 47.6 Å². The molecule has 6 atom stereocenters. The van der Waals surface area contributed by atoms with Crippen LogP contribution in [0.25, 0.3) is 10.9 Å². The number of nitrogens with one attached hydrogen (secondary N) is 7. The third-order valence-electron chi connectivity index (χ3n) is 10.5. The van der Waals surface area contributed by atoms with Gasteiger partial charge in [0.05, 0.1) is 19.0 Å². The molecule has 70 heavy (non-hydrogen) atoms. The number of H-pyrrole nitrogens is 1. The number of carbonyl (C=O) groups is 8. The summed E-state index contributed by atoms with van der Waals surface area (Å²) in [5.41, 5.74) is 14.2. The third kappa shape index (κ3) is 18.7. The Morgan fingerprint density at radius 3 is 1.80 bits per heavy atom. The lowest BCUT2D eigenvalue weighted by atomic mass is 10.0. The van der Waals surface area contributed by atoms with E-state index in [0.29, 0.717) is 22.6 Å². The van der Waals surface area contributed by atoms with Gasteiger partial charge in [-0.25, -0.2) is 0 Å². The summed E-state index contributed by atoms with van der Waals surface area (Å²) in [5, 5.41) is 25.6. The molecule has 25 heteroatoms. The molecule has 0 saturated carbocycles. The van der Waals surface area contributed by atoms with E-state index < -0.39 is 107 Å². The number of hydrogen-bond acceptors (Lipinski definition) is 14. The molecule has 1 heterocycles. The Morgan fingerprint density at radius 2 is 1.20 bits per heavy atom. The maximum Gasteiger partial charge on any atom is 0.446 e. The number of aliphatic carboxylic acids is 1. The number of fused-ring (bicyclic) bond motifs is 1. The first kappa shape index (κ1) is 55.9. The van der Waals surface area contributed by atoms with Crippen molar-refractivity contribution in [3.8, 4) is 5.75 Å². The van der Waals surface area contributed by atoms with Crippen LogP contribution in [-0.2, 0) is 68.0 Å². The van der Waals surface area contributed by atoms with Crippen molar-refractivity contribution in [2.75, 3.05) is 30.6 Å². The first-order valence-corrected chi connectivity index (χ1v) is 25.8. The van der Waals surface area contributed by atoms with E-state index >= 15 is 0 Å². The van der Waals surface area contributed by atoms with Gasteiger partial charge in [0.1, 0.15) is 36.0 Å². The molecule has 4 rings (SSSR count). The van der Waals surface area contributed by atoms with E-state index in [1.807, 2.05) is 6.07 Å². The molecule has 22 nitrogen and oxygen atoms in total. The predicted octanol–water partition coefficient (Wildman–Crippen LogP) is -0.289. The molecule has 4 aromatic rings. The van der Waals surface area contributed by atoms with Crippen LogP contribution in [-0.4, -0.2) is 137 Å². The SMILES string of the molecule is CSCC[C@H](NC(=O)CNC(=O)[C@H](Cc1c[nH]c2ccccc12)NC(=O)[C@H](CCSC)NC(=O)[C@H](CC(=O)O)NC(=O)[C@@H](N)Cc1ccccc1)C(=O)N[C@@H](Cc1ccc(OS(=O)(=O)O)cc1)C(N)=O. The Kier molecular flexibility index (Phi) is 22.0. The van der Waals surface area contributed by atoms with Crippen molar-refractivity contribution in [2.45, 2.75) is 74.8 Å². The van der Waals surface area contributed by atoms with Gasteiger partial charge in [-0.05, 0) is 78.2 Å². The Balaban J connectivity index is 1.48. The highest BCUT2D eigenvalue weighted by atomic mass is 32.3. The summed E-state index contributed by atoms with van der Waals surface area (Å²) in [7, 11) is -4.78. The minimum Gasteiger partial charge on any atom is -0.481 e. The van der Waals surface area contributed by atoms with E-state index in [1.165, 1.54) is 47.8 Å². The van der Waals surface area contributed by atoms with Gasteiger partial charge >= 0.3 is 16.4 Å². The van der Waals surface area contributed by atoms with Crippen LogP contribution >= 0.6 is 23.5 Å². The molecule has 0 aliphatic heterocycles. The number of aromatic nitrogens is 1. The van der Waals surface area contributed by atoms with Crippen LogP contribution in [0.2, 0.25) is 0 Å². The van der Waals surface area contributed by atoms with Crippen LogP contribution in [0.15, 0.2) is 85.1 Å². The summed E-state index contributed by atoms with van der Waals surface area (Å²) in [4.78, 5) is 109. The number of hydrogen-bond donors (Lipinski definition) is 11. The van der Waals surface area contributed by atoms with Gasteiger partial charge in [-0.1, -0.05) is 60.7 Å². The van der Waals surface area contributed by atoms with Crippen molar-refractivity contribution >= 4 is 92.1 Å². The quantitative estimate of drug-likeness (QED) is 0.0311. The molecule has 0 unspecified atom stereocenters. The van der Waals surface area contributed by atoms with Gasteiger partial charge in [0.2, 0.25) is 41.4 Å². The largest absolute Gasteiger partial charge is 0.481 e. The molecular weight excluding hydrogens is 971 g/mol. The Hall–Kier alpha value is -6.67. The van der Waals surface area contributed by atoms with Gasteiger partial charge in [-0.15, -0.1) is 0 Å². The minimum absolute atomic E-state index is 0.0260. The van der Waals surface area contributed by atoms with Crippen LogP contribution in [0.5, 0.6) is 5.75 Å². The van der Waals surface area contributed by atoms with Crippen molar-refractivity contribution in [2.24, 2.45) is 11.5 Å². The molecule has 0 saturated heterocycles. The molecule has 13 N–H and O–H groups in total. The van der Waals surface area contributed by atoms with Crippen molar-refractivity contribution in [1.29, 1.82) is 0 Å². The highest BCUT2D eigenvalue weighted by Crippen LogP contribution is 2.20. The molecule has 0 aliphatic rings. The Bertz CT molecular complexity index is 2570. The van der Waals surface area contributed by atoms with Gasteiger partial charge < -0.3 is 57.6 Å². The van der Waals surface area contributed by atoms with Crippen LogP contribution in [0.1, 0.15) is 36.0 Å². The lowest BCUT2D eigenvalue weighted by molar-refractivity contribution is -0.141. The van der Waals surface area contributed by atoms with E-state index in [4.69, 9.17) is 16.0 Å². The van der Waals surface area contributed by atoms with E-state index in [-0.39, 0.29) is 37.9 Å². The van der Waals surface area contributed by atoms with Crippen molar-refractivity contribution < 1.29 is 60.6 Å². The summed E-state index contributed by atoms with van der Waals surface area (Å²) in [6.07, 6.45) is 4.33. The maximum atomic E-state index is 14.1. The first-order chi connectivity index (χ1) is 33.3. The number of primary amides is 1. The molecule has 3 aromatic carbocycles. The van der Waals surface area contributed by atoms with Crippen LogP contribution in [0.3, 0.4) is 0 Å². The van der Waals surface area contributed by atoms with Gasteiger partial charge in [0.25, 0.3) is 0 Å². The fourth-order valence-electron chi connectivity index (χ4n) is 6.98. The number of carboxylic acids is 1. The summed E-state index contributed by atoms with van der Waals surface area (Å²) >= 11 is 2.72. The zero-order chi connectivity index (χ0) is 51.4. The fraction of sp³-hybridized carbons (Fsp3) is 0.378. The first-order valence-electron chi connectivity index (χ1n) is 21.6. The number of thioether (sulfide) groups is 2. The smallest absolute Gasteiger partial charge is 0.446 e. The standard InChI is InChI=1S/C45H57N9O13S3/c1-68-18-16-33(43(61)52-35(40(47)58)21-27-12-14-29(15-13-27)67-70(64,65)66)50-38(55)25-49-42(60)36(22-28-24-48-32-11-7-6-10-30(28)32)54-44(62)34(17-19-69-2)51-45(63)37(23-39(56)57)53-41(59)31(46)20-26-8-4-3-5-9-26/h3-15,24,31,33-37,48H,16-23,25,46H2,1-2H3,(H2,47,58)(H,49,60)(H,50,55)(H,51,63)(H,52,61)(H,53,59)(H,54,62)(H,56,57)(H,64,65,66)/t31-,33-,34-,35-,36-,37-/m0/s1. The fourth-order valence-corrected chi connectivity index (χ4v) is 8.27. The number of amides is 7. The van der Waals surface area contributed by atoms with Crippen molar-refractivity contribution in [3.63, 3.8) is 0 Å². The Morgan fingerprint density at radius 1 is 0.657 bits per heavy atom. The summed E-state index contributed by atoms with van der Waals surface area (Å²) < 4.78 is 35.4. The number of benzene rings is 3. The summed E-state index contributed by atoms with van der Waals surface area (Å²) in [5.74, 6) is -6.82. The molecule has 1 aromatic heterocycles. The van der Waals surface area contributed by atoms with Gasteiger partial charge in [-0.3, -0.25) is 42.9 Å². The van der Waals surface area contributed by atoms with Crippen molar-refractivity contribution in [1.82, 2.24) is 36.9 Å². The lowest BCUT2D eigenvalue weighted by Gasteiger charge is -2.25. The molecule has 0 aliphatic carbocycles. The van der Waals surface area contributed by atoms with Crippen LogP contribution in [0.4, 0.5) is 0 Å². The zero-order valence-corrected chi connectivity index (χ0v) is 40.6. The third-order valence-corrected chi connectivity index (χ3v) is 12.2. The normalized spacial score (nSPS) is 13.8. The monoisotopic (exact) mass is 1030 g/mol. The molecule has 0 bridgehead atoms. The number of carboxylic acid groups (broad SMARTS) is 1. The Labute approximate surface area is 412 Å². The van der Waals surface area contributed by atoms with Crippen LogP contribution in [0, 0.1) is 0 Å². The second-order valence-corrected chi connectivity index (χ2v) is 18.9. The highest BCUT2D eigenvalue weighted by Gasteiger charge is 2.33. The number of nitrogens with two attached hydrogens (primary N) is 2. The molecule has 7 amide bonds. The van der Waals surface area contributed by atoms with Gasteiger partial charge in [0, 0.05) is 29.9 Å². The average Bonchev–Trinajstić information content (AvgIpc) is 3.72. The second kappa shape index (κ2) is 27.5. The highest BCUT2D eigenvalue weighted by molar-refractivity contribution is 7.98. The van der Waals surface area contributed by atoms with E-state index in [9.17, 15) is 51.9 Å². The lowest BCUT2D eigenvalue weighted by Crippen LogP contribution is -2.59. The molecule has 0 radical (unpaired) electrons. The van der Waals surface area contributed by atoms with Crippen molar-refractivity contribution in [3.05, 3.63) is 102 Å². The van der Waals surface area contributed by atoms with E-state index in [2.05, 4.69) is 41.1 Å². The topological polar surface area (TPSA) is 360 Å². The zero-order valence-electron chi connectivity index (χ0n) is 38.2. The van der Waals surface area contributed by atoms with E-state index in [1.54, 1.807) is 67.2 Å². The van der Waals surface area contributed by atoms with Gasteiger partial charge in [0.15, 0.2) is 0 Å². The average molecular weight is 1030 g/mol.